The normalized spacial score (nSPS) is 12.8. The monoisotopic (exact) mass is 442 g/mol. The van der Waals surface area contributed by atoms with Crippen LogP contribution in [0.2, 0.25) is 5.02 Å². The number of hydrogen-bond acceptors (Lipinski definition) is 5. The van der Waals surface area contributed by atoms with E-state index in [-0.39, 0.29) is 28.6 Å². The predicted molar refractivity (Wildman–Crippen MR) is 104 cm³/mol. The fourth-order valence-corrected chi connectivity index (χ4v) is 3.18. The van der Waals surface area contributed by atoms with E-state index in [1.165, 1.54) is 48.2 Å². The molecule has 0 aliphatic carbocycles. The van der Waals surface area contributed by atoms with Crippen molar-refractivity contribution >= 4 is 11.6 Å². The van der Waals surface area contributed by atoms with Crippen LogP contribution in [0, 0.1) is 0 Å². The molecule has 0 spiro atoms. The maximum Gasteiger partial charge on any atom is 0.433 e. The highest BCUT2D eigenvalue weighted by molar-refractivity contribution is 6.31. The molecule has 3 rings (SSSR count). The van der Waals surface area contributed by atoms with Crippen LogP contribution < -0.4 is 15.6 Å². The fourth-order valence-electron chi connectivity index (χ4n) is 2.95. The molecule has 2 aromatic heterocycles. The number of nitrogens with zero attached hydrogens (tertiary/aromatic N) is 3. The number of ether oxygens (including phenoxy) is 1. The van der Waals surface area contributed by atoms with Crippen LogP contribution in [0.4, 0.5) is 13.2 Å². The van der Waals surface area contributed by atoms with Gasteiger partial charge in [-0.15, -0.1) is 0 Å². The van der Waals surface area contributed by atoms with Gasteiger partial charge in [-0.05, 0) is 36.9 Å². The number of halogens is 4. The van der Waals surface area contributed by atoms with Gasteiger partial charge in [-0.25, -0.2) is 4.68 Å². The zero-order chi connectivity index (χ0) is 22.1. The second kappa shape index (κ2) is 8.50. The van der Waals surface area contributed by atoms with Crippen molar-refractivity contribution in [2.24, 2.45) is 0 Å². The molecular weight excluding hydrogens is 425 g/mol. The van der Waals surface area contributed by atoms with Gasteiger partial charge in [0, 0.05) is 17.4 Å². The Hall–Kier alpha value is -2.82. The lowest BCUT2D eigenvalue weighted by Crippen LogP contribution is -2.24. The lowest BCUT2D eigenvalue weighted by atomic mass is 10.2. The molecule has 11 heteroatoms. The molecule has 0 radical (unpaired) electrons. The molecule has 0 bridgehead atoms. The third-order valence-electron chi connectivity index (χ3n) is 4.35. The minimum absolute atomic E-state index is 0.105. The minimum atomic E-state index is -4.75. The Morgan fingerprint density at radius 3 is 2.43 bits per heavy atom. The van der Waals surface area contributed by atoms with Crippen LogP contribution in [0.15, 0.2) is 47.5 Å². The molecule has 160 valence electrons. The first-order chi connectivity index (χ1) is 14.2. The molecule has 1 unspecified atom stereocenters. The van der Waals surface area contributed by atoms with E-state index in [4.69, 9.17) is 16.3 Å². The van der Waals surface area contributed by atoms with Crippen LogP contribution in [0.5, 0.6) is 5.75 Å². The van der Waals surface area contributed by atoms with Crippen LogP contribution in [0.3, 0.4) is 0 Å². The Morgan fingerprint density at radius 2 is 1.87 bits per heavy atom. The summed E-state index contributed by atoms with van der Waals surface area (Å²) >= 11 is 5.98. The Morgan fingerprint density at radius 1 is 1.23 bits per heavy atom. The van der Waals surface area contributed by atoms with Crippen molar-refractivity contribution in [3.8, 4) is 17.1 Å². The van der Waals surface area contributed by atoms with E-state index >= 15 is 0 Å². The summed E-state index contributed by atoms with van der Waals surface area (Å²) in [7, 11) is 1.38. The summed E-state index contributed by atoms with van der Waals surface area (Å²) in [5, 5.41) is 16.2. The summed E-state index contributed by atoms with van der Waals surface area (Å²) in [4.78, 5) is 12.4. The molecule has 2 N–H and O–H groups in total. The highest BCUT2D eigenvalue weighted by atomic mass is 35.5. The van der Waals surface area contributed by atoms with Crippen LogP contribution in [0.1, 0.15) is 24.4 Å². The maximum atomic E-state index is 13.7. The number of rotatable bonds is 6. The summed E-state index contributed by atoms with van der Waals surface area (Å²) in [6.07, 6.45) is -3.85. The highest BCUT2D eigenvalue weighted by Crippen LogP contribution is 2.35. The van der Waals surface area contributed by atoms with Crippen LogP contribution in [-0.4, -0.2) is 33.1 Å². The molecule has 0 fully saturated rings. The van der Waals surface area contributed by atoms with Crippen molar-refractivity contribution in [1.29, 1.82) is 0 Å². The van der Waals surface area contributed by atoms with E-state index in [0.29, 0.717) is 10.4 Å². The second-order valence-corrected chi connectivity index (χ2v) is 6.59. The van der Waals surface area contributed by atoms with Crippen molar-refractivity contribution in [3.63, 3.8) is 0 Å². The molecule has 30 heavy (non-hydrogen) atoms. The van der Waals surface area contributed by atoms with Gasteiger partial charge in [-0.2, -0.15) is 18.3 Å². The number of aliphatic hydroxyl groups excluding tert-OH is 1. The molecule has 0 aliphatic heterocycles. The largest absolute Gasteiger partial charge is 0.495 e. The molecule has 0 amide bonds. The van der Waals surface area contributed by atoms with Crippen molar-refractivity contribution in [2.75, 3.05) is 13.7 Å². The molecule has 0 saturated carbocycles. The van der Waals surface area contributed by atoms with Gasteiger partial charge in [-0.3, -0.25) is 14.7 Å². The zero-order valence-electron chi connectivity index (χ0n) is 15.9. The number of methoxy groups -OCH3 is 1. The number of hydrogen-bond donors (Lipinski definition) is 2. The number of alkyl halides is 3. The first kappa shape index (κ1) is 21.9. The third kappa shape index (κ3) is 4.07. The molecular formula is C19H18ClF3N4O3. The summed E-state index contributed by atoms with van der Waals surface area (Å²) in [5.74, 6) is 0.215. The molecule has 1 aromatic carbocycles. The number of nitrogens with one attached hydrogen (secondary N) is 1. The molecule has 3 aromatic rings. The SMILES string of the molecule is CCNC(O)c1cnn(-c2ccc(-n3ccc(OC)c(Cl)c3=O)cc2)c1C(F)(F)F. The first-order valence-corrected chi connectivity index (χ1v) is 9.19. The standard InChI is InChI=1S/C19H18ClF3N4O3/c1-3-24-17(28)13-10-25-27(16(13)19(21,22)23)12-6-4-11(5-7-12)26-9-8-14(30-2)15(20)18(26)29/h4-10,17,24,28H,3H2,1-2H3. The van der Waals surface area contributed by atoms with Gasteiger partial charge in [0.15, 0.2) is 5.69 Å². The van der Waals surface area contributed by atoms with E-state index in [2.05, 4.69) is 10.4 Å². The van der Waals surface area contributed by atoms with Gasteiger partial charge in [0.25, 0.3) is 5.56 Å². The minimum Gasteiger partial charge on any atom is -0.495 e. The van der Waals surface area contributed by atoms with E-state index in [9.17, 15) is 23.1 Å². The maximum absolute atomic E-state index is 13.7. The van der Waals surface area contributed by atoms with Crippen LogP contribution >= 0.6 is 11.6 Å². The topological polar surface area (TPSA) is 81.3 Å². The van der Waals surface area contributed by atoms with E-state index in [0.717, 1.165) is 6.20 Å². The zero-order valence-corrected chi connectivity index (χ0v) is 16.7. The van der Waals surface area contributed by atoms with Gasteiger partial charge in [0.05, 0.1) is 19.0 Å². The first-order valence-electron chi connectivity index (χ1n) is 8.81. The Bertz CT molecular complexity index is 1090. The lowest BCUT2D eigenvalue weighted by molar-refractivity contribution is -0.144. The van der Waals surface area contributed by atoms with E-state index < -0.39 is 23.7 Å². The molecule has 7 nitrogen and oxygen atoms in total. The summed E-state index contributed by atoms with van der Waals surface area (Å²) in [6.45, 7) is 1.94. The quantitative estimate of drug-likeness (QED) is 0.572. The average molecular weight is 443 g/mol. The predicted octanol–water partition coefficient (Wildman–Crippen LogP) is 3.30. The Kier molecular flexibility index (Phi) is 6.20. The third-order valence-corrected chi connectivity index (χ3v) is 4.70. The molecule has 1 atom stereocenters. The molecule has 2 heterocycles. The smallest absolute Gasteiger partial charge is 0.433 e. The van der Waals surface area contributed by atoms with Gasteiger partial charge < -0.3 is 9.84 Å². The number of aromatic nitrogens is 3. The summed E-state index contributed by atoms with van der Waals surface area (Å²) in [5.41, 5.74) is -1.51. The van der Waals surface area contributed by atoms with E-state index in [1.54, 1.807) is 6.92 Å². The number of benzene rings is 1. The van der Waals surface area contributed by atoms with Gasteiger partial charge >= 0.3 is 6.18 Å². The Balaban J connectivity index is 2.04. The van der Waals surface area contributed by atoms with Crippen molar-refractivity contribution in [3.05, 3.63) is 69.4 Å². The Labute approximate surface area is 174 Å². The van der Waals surface area contributed by atoms with E-state index in [1.807, 2.05) is 0 Å². The van der Waals surface area contributed by atoms with Gasteiger partial charge in [0.1, 0.15) is 17.0 Å². The number of pyridine rings is 1. The fraction of sp³-hybridized carbons (Fsp3) is 0.263. The van der Waals surface area contributed by atoms with Crippen molar-refractivity contribution in [2.45, 2.75) is 19.3 Å². The van der Waals surface area contributed by atoms with Crippen molar-refractivity contribution < 1.29 is 23.0 Å². The summed E-state index contributed by atoms with van der Waals surface area (Å²) in [6, 6.07) is 7.18. The van der Waals surface area contributed by atoms with Crippen molar-refractivity contribution in [1.82, 2.24) is 19.7 Å². The van der Waals surface area contributed by atoms with Gasteiger partial charge in [0.2, 0.25) is 0 Å². The second-order valence-electron chi connectivity index (χ2n) is 6.21. The molecule has 0 saturated heterocycles. The van der Waals surface area contributed by atoms with Gasteiger partial charge in [-0.1, -0.05) is 18.5 Å². The highest BCUT2D eigenvalue weighted by Gasteiger charge is 2.40. The average Bonchev–Trinajstić information content (AvgIpc) is 3.16. The lowest BCUT2D eigenvalue weighted by Gasteiger charge is -2.16. The molecule has 0 aliphatic rings. The van der Waals surface area contributed by atoms with Crippen LogP contribution in [0.25, 0.3) is 11.4 Å². The number of aliphatic hydroxyl groups is 1. The summed E-state index contributed by atoms with van der Waals surface area (Å²) < 4.78 is 47.9. The van der Waals surface area contributed by atoms with Crippen LogP contribution in [-0.2, 0) is 6.18 Å².